The van der Waals surface area contributed by atoms with Gasteiger partial charge < -0.3 is 10.2 Å². The summed E-state index contributed by atoms with van der Waals surface area (Å²) in [7, 11) is 0. The van der Waals surface area contributed by atoms with E-state index in [1.165, 1.54) is 4.90 Å². The zero-order chi connectivity index (χ0) is 11.4. The third-order valence-corrected chi connectivity index (χ3v) is 3.87. The van der Waals surface area contributed by atoms with Gasteiger partial charge in [0, 0.05) is 26.7 Å². The molecule has 0 aliphatic heterocycles. The van der Waals surface area contributed by atoms with Crippen molar-refractivity contribution in [3.63, 3.8) is 0 Å². The normalized spacial score (nSPS) is 12.6. The maximum atomic E-state index is 6.03. The van der Waals surface area contributed by atoms with Crippen molar-refractivity contribution in [1.29, 1.82) is 0 Å². The van der Waals surface area contributed by atoms with Crippen LogP contribution in [0.1, 0.15) is 11.6 Å². The minimum absolute atomic E-state index is 0.0207. The summed E-state index contributed by atoms with van der Waals surface area (Å²) >= 11 is 5.16. The molecule has 1 unspecified atom stereocenters. The fourth-order valence-electron chi connectivity index (χ4n) is 1.30. The molecule has 1 aromatic carbocycles. The number of benzene rings is 1. The molecule has 0 saturated heterocycles. The van der Waals surface area contributed by atoms with E-state index in [-0.39, 0.29) is 6.04 Å². The molecular formula is C12H12BrNOS. The van der Waals surface area contributed by atoms with Gasteiger partial charge in [0.05, 0.1) is 12.5 Å². The smallest absolute Gasteiger partial charge is 0.0950 e. The fourth-order valence-corrected chi connectivity index (χ4v) is 2.46. The zero-order valence-electron chi connectivity index (χ0n) is 8.60. The van der Waals surface area contributed by atoms with Crippen LogP contribution in [0, 0.1) is 0 Å². The summed E-state index contributed by atoms with van der Waals surface area (Å²) in [6.45, 7) is 0. The average molecular weight is 298 g/mol. The van der Waals surface area contributed by atoms with Crippen molar-refractivity contribution in [3.05, 3.63) is 52.9 Å². The standard InChI is InChI=1S/C12H12BrNOS/c13-10-1-3-11(4-2-10)16-8-12(14)9-5-6-15-7-9/h1-7,12H,8,14H2. The largest absolute Gasteiger partial charge is 0.472 e. The molecule has 2 rings (SSSR count). The van der Waals surface area contributed by atoms with E-state index >= 15 is 0 Å². The summed E-state index contributed by atoms with van der Waals surface area (Å²) in [6, 6.07) is 10.2. The van der Waals surface area contributed by atoms with Gasteiger partial charge in [-0.25, -0.2) is 0 Å². The van der Waals surface area contributed by atoms with E-state index in [9.17, 15) is 0 Å². The first-order valence-corrected chi connectivity index (χ1v) is 6.69. The highest BCUT2D eigenvalue weighted by Gasteiger charge is 2.07. The number of rotatable bonds is 4. The van der Waals surface area contributed by atoms with Crippen molar-refractivity contribution in [1.82, 2.24) is 0 Å². The molecule has 1 heterocycles. The molecule has 0 aliphatic rings. The minimum atomic E-state index is 0.0207. The number of halogens is 1. The van der Waals surface area contributed by atoms with E-state index in [1.54, 1.807) is 24.3 Å². The number of thioether (sulfide) groups is 1. The van der Waals surface area contributed by atoms with E-state index in [4.69, 9.17) is 10.2 Å². The minimum Gasteiger partial charge on any atom is -0.472 e. The molecular weight excluding hydrogens is 286 g/mol. The SMILES string of the molecule is NC(CSc1ccc(Br)cc1)c1ccoc1. The molecule has 0 radical (unpaired) electrons. The first kappa shape index (κ1) is 11.8. The lowest BCUT2D eigenvalue weighted by Gasteiger charge is -2.08. The highest BCUT2D eigenvalue weighted by atomic mass is 79.9. The lowest BCUT2D eigenvalue weighted by atomic mass is 10.2. The quantitative estimate of drug-likeness (QED) is 0.872. The Bertz CT molecular complexity index is 427. The topological polar surface area (TPSA) is 39.2 Å². The summed E-state index contributed by atoms with van der Waals surface area (Å²) in [6.07, 6.45) is 3.35. The van der Waals surface area contributed by atoms with Gasteiger partial charge in [-0.1, -0.05) is 15.9 Å². The summed E-state index contributed by atoms with van der Waals surface area (Å²) < 4.78 is 6.10. The maximum absolute atomic E-state index is 6.03. The van der Waals surface area contributed by atoms with Gasteiger partial charge in [0.25, 0.3) is 0 Å². The molecule has 0 amide bonds. The van der Waals surface area contributed by atoms with Gasteiger partial charge in [-0.15, -0.1) is 11.8 Å². The molecule has 2 nitrogen and oxygen atoms in total. The summed E-state index contributed by atoms with van der Waals surface area (Å²) in [5.41, 5.74) is 7.07. The van der Waals surface area contributed by atoms with Crippen LogP contribution in [0.3, 0.4) is 0 Å². The molecule has 0 fully saturated rings. The average Bonchev–Trinajstić information content (AvgIpc) is 2.81. The van der Waals surface area contributed by atoms with Crippen molar-refractivity contribution in [3.8, 4) is 0 Å². The summed E-state index contributed by atoms with van der Waals surface area (Å²) in [5, 5.41) is 0. The van der Waals surface area contributed by atoms with Crippen LogP contribution in [-0.4, -0.2) is 5.75 Å². The zero-order valence-corrected chi connectivity index (χ0v) is 11.0. The highest BCUT2D eigenvalue weighted by molar-refractivity contribution is 9.10. The fraction of sp³-hybridized carbons (Fsp3) is 0.167. The summed E-state index contributed by atoms with van der Waals surface area (Å²) in [4.78, 5) is 1.22. The Morgan fingerprint density at radius 2 is 2.00 bits per heavy atom. The van der Waals surface area contributed by atoms with Crippen molar-refractivity contribution in [2.45, 2.75) is 10.9 Å². The van der Waals surface area contributed by atoms with Gasteiger partial charge in [-0.3, -0.25) is 0 Å². The van der Waals surface area contributed by atoms with Crippen LogP contribution in [0.15, 0.2) is 56.6 Å². The van der Waals surface area contributed by atoms with Crippen molar-refractivity contribution < 1.29 is 4.42 Å². The van der Waals surface area contributed by atoms with Gasteiger partial charge >= 0.3 is 0 Å². The lowest BCUT2D eigenvalue weighted by molar-refractivity contribution is 0.561. The van der Waals surface area contributed by atoms with Crippen LogP contribution in [0.25, 0.3) is 0 Å². The van der Waals surface area contributed by atoms with Crippen molar-refractivity contribution in [2.24, 2.45) is 5.73 Å². The van der Waals surface area contributed by atoms with Gasteiger partial charge in [0.1, 0.15) is 0 Å². The molecule has 1 atom stereocenters. The molecule has 0 spiro atoms. The third-order valence-electron chi connectivity index (χ3n) is 2.21. The van der Waals surface area contributed by atoms with E-state index in [1.807, 2.05) is 18.2 Å². The van der Waals surface area contributed by atoms with Gasteiger partial charge in [0.15, 0.2) is 0 Å². The van der Waals surface area contributed by atoms with Gasteiger partial charge in [0.2, 0.25) is 0 Å². The van der Waals surface area contributed by atoms with E-state index < -0.39 is 0 Å². The second-order valence-corrected chi connectivity index (χ2v) is 5.44. The molecule has 0 bridgehead atoms. The molecule has 1 aromatic heterocycles. The predicted octanol–water partition coefficient (Wildman–Crippen LogP) is 3.83. The van der Waals surface area contributed by atoms with Crippen molar-refractivity contribution >= 4 is 27.7 Å². The molecule has 84 valence electrons. The Morgan fingerprint density at radius 3 is 2.62 bits per heavy atom. The molecule has 0 saturated carbocycles. The summed E-state index contributed by atoms with van der Waals surface area (Å²) in [5.74, 6) is 0.848. The number of nitrogens with two attached hydrogens (primary N) is 1. The van der Waals surface area contributed by atoms with Gasteiger partial charge in [-0.05, 0) is 30.3 Å². The van der Waals surface area contributed by atoms with Crippen LogP contribution < -0.4 is 5.73 Å². The van der Waals surface area contributed by atoms with Crippen LogP contribution in [0.2, 0.25) is 0 Å². The van der Waals surface area contributed by atoms with Crippen LogP contribution in [0.5, 0.6) is 0 Å². The Labute approximate surface area is 107 Å². The Kier molecular flexibility index (Phi) is 4.09. The van der Waals surface area contributed by atoms with Crippen molar-refractivity contribution in [2.75, 3.05) is 5.75 Å². The predicted molar refractivity (Wildman–Crippen MR) is 70.5 cm³/mol. The van der Waals surface area contributed by atoms with Crippen LogP contribution in [-0.2, 0) is 0 Å². The number of hydrogen-bond donors (Lipinski definition) is 1. The first-order chi connectivity index (χ1) is 7.75. The third kappa shape index (κ3) is 3.14. The van der Waals surface area contributed by atoms with E-state index in [0.717, 1.165) is 15.8 Å². The van der Waals surface area contributed by atoms with E-state index in [0.29, 0.717) is 0 Å². The lowest BCUT2D eigenvalue weighted by Crippen LogP contribution is -2.11. The second-order valence-electron chi connectivity index (χ2n) is 3.43. The van der Waals surface area contributed by atoms with Crippen LogP contribution >= 0.6 is 27.7 Å². The van der Waals surface area contributed by atoms with Crippen LogP contribution in [0.4, 0.5) is 0 Å². The highest BCUT2D eigenvalue weighted by Crippen LogP contribution is 2.24. The molecule has 2 N–H and O–H groups in total. The Morgan fingerprint density at radius 1 is 1.25 bits per heavy atom. The Hall–Kier alpha value is -0.710. The second kappa shape index (κ2) is 5.57. The van der Waals surface area contributed by atoms with Gasteiger partial charge in [-0.2, -0.15) is 0 Å². The molecule has 16 heavy (non-hydrogen) atoms. The monoisotopic (exact) mass is 297 g/mol. The first-order valence-electron chi connectivity index (χ1n) is 4.92. The molecule has 0 aliphatic carbocycles. The Balaban J connectivity index is 1.90. The molecule has 2 aromatic rings. The number of hydrogen-bond acceptors (Lipinski definition) is 3. The molecule has 4 heteroatoms. The van der Waals surface area contributed by atoms with E-state index in [2.05, 4.69) is 28.1 Å². The number of furan rings is 1. The maximum Gasteiger partial charge on any atom is 0.0950 e.